The Morgan fingerprint density at radius 3 is 2.69 bits per heavy atom. The largest absolute Gasteiger partial charge is 0.481 e. The lowest BCUT2D eigenvalue weighted by atomic mass is 10.1. The molecule has 0 aliphatic carbocycles. The zero-order chi connectivity index (χ0) is 12.3. The lowest BCUT2D eigenvalue weighted by molar-refractivity contribution is -0.136. The van der Waals surface area contributed by atoms with E-state index >= 15 is 0 Å². The van der Waals surface area contributed by atoms with E-state index in [0.717, 1.165) is 6.07 Å². The van der Waals surface area contributed by atoms with Crippen molar-refractivity contribution in [3.8, 4) is 0 Å². The van der Waals surface area contributed by atoms with E-state index in [4.69, 9.17) is 22.4 Å². The average Bonchev–Trinajstić information content (AvgIpc) is 2.19. The third-order valence-corrected chi connectivity index (χ3v) is 2.17. The van der Waals surface area contributed by atoms with Gasteiger partial charge in [0.2, 0.25) is 0 Å². The predicted octanol–water partition coefficient (Wildman–Crippen LogP) is 1.97. The highest BCUT2D eigenvalue weighted by molar-refractivity contribution is 6.17. The summed E-state index contributed by atoms with van der Waals surface area (Å²) in [5.41, 5.74) is 4.91. The highest BCUT2D eigenvalue weighted by Crippen LogP contribution is 2.28. The van der Waals surface area contributed by atoms with E-state index in [1.165, 1.54) is 0 Å². The smallest absolute Gasteiger partial charge is 0.309 e. The zero-order valence-corrected chi connectivity index (χ0v) is 8.84. The highest BCUT2D eigenvalue weighted by Gasteiger charge is 2.17. The Kier molecular flexibility index (Phi) is 4.00. The fourth-order valence-electron chi connectivity index (χ4n) is 1.22. The van der Waals surface area contributed by atoms with Crippen molar-refractivity contribution >= 4 is 23.3 Å². The molecule has 0 spiro atoms. The first kappa shape index (κ1) is 12.6. The molecule has 0 atom stereocenters. The Morgan fingerprint density at radius 2 is 2.25 bits per heavy atom. The highest BCUT2D eigenvalue weighted by atomic mass is 35.5. The second-order valence-corrected chi connectivity index (χ2v) is 3.34. The summed E-state index contributed by atoms with van der Waals surface area (Å²) in [5, 5.41) is 8.54. The summed E-state index contributed by atoms with van der Waals surface area (Å²) in [6.07, 6.45) is -3.22. The number of alkyl halides is 3. The second-order valence-electron chi connectivity index (χ2n) is 3.07. The summed E-state index contributed by atoms with van der Waals surface area (Å²) in [5.74, 6) is -1.29. The van der Waals surface area contributed by atoms with Crippen LogP contribution in [0, 0.1) is 0 Å². The first-order chi connectivity index (χ1) is 7.45. The molecular formula is C9H9ClF2N2O2. The standard InChI is InChI=1S/C9H9ClF2N2O2/c10-3-6-8(13)5(9(11)12)1-4(14-6)2-7(15)16/h1,9H,2-3,13H2,(H,15,16). The molecule has 0 aliphatic heterocycles. The van der Waals surface area contributed by atoms with Gasteiger partial charge >= 0.3 is 5.97 Å². The maximum absolute atomic E-state index is 12.6. The van der Waals surface area contributed by atoms with Crippen molar-refractivity contribution in [2.75, 3.05) is 5.73 Å². The van der Waals surface area contributed by atoms with Gasteiger partial charge < -0.3 is 10.8 Å². The number of pyridine rings is 1. The van der Waals surface area contributed by atoms with Gasteiger partial charge in [0, 0.05) is 5.56 Å². The van der Waals surface area contributed by atoms with Crippen LogP contribution in [0.25, 0.3) is 0 Å². The van der Waals surface area contributed by atoms with Crippen molar-refractivity contribution in [2.45, 2.75) is 18.7 Å². The van der Waals surface area contributed by atoms with Crippen molar-refractivity contribution in [3.05, 3.63) is 23.0 Å². The molecule has 1 aromatic heterocycles. The van der Waals surface area contributed by atoms with Crippen LogP contribution in [0.2, 0.25) is 0 Å². The van der Waals surface area contributed by atoms with Gasteiger partial charge in [0.05, 0.1) is 29.4 Å². The fraction of sp³-hybridized carbons (Fsp3) is 0.333. The Bertz CT molecular complexity index is 413. The number of aromatic nitrogens is 1. The molecule has 0 aliphatic rings. The van der Waals surface area contributed by atoms with Crippen molar-refractivity contribution in [1.29, 1.82) is 0 Å². The first-order valence-electron chi connectivity index (χ1n) is 4.29. The molecule has 1 aromatic rings. The van der Waals surface area contributed by atoms with E-state index in [1.54, 1.807) is 0 Å². The molecule has 0 radical (unpaired) electrons. The molecule has 1 heterocycles. The van der Waals surface area contributed by atoms with Crippen LogP contribution in [-0.2, 0) is 17.1 Å². The lowest BCUT2D eigenvalue weighted by Gasteiger charge is -2.10. The summed E-state index contributed by atoms with van der Waals surface area (Å²) in [6.45, 7) is 0. The van der Waals surface area contributed by atoms with Crippen molar-refractivity contribution < 1.29 is 18.7 Å². The van der Waals surface area contributed by atoms with E-state index in [-0.39, 0.29) is 23.0 Å². The minimum atomic E-state index is -2.78. The monoisotopic (exact) mass is 250 g/mol. The second kappa shape index (κ2) is 5.07. The summed E-state index contributed by atoms with van der Waals surface area (Å²) in [7, 11) is 0. The number of carboxylic acids is 1. The lowest BCUT2D eigenvalue weighted by Crippen LogP contribution is -2.08. The van der Waals surface area contributed by atoms with E-state index in [2.05, 4.69) is 4.98 Å². The molecule has 3 N–H and O–H groups in total. The molecule has 16 heavy (non-hydrogen) atoms. The number of rotatable bonds is 4. The van der Waals surface area contributed by atoms with Gasteiger partial charge in [-0.25, -0.2) is 8.78 Å². The SMILES string of the molecule is Nc1c(C(F)F)cc(CC(=O)O)nc1CCl. The molecule has 0 saturated carbocycles. The molecular weight excluding hydrogens is 242 g/mol. The Morgan fingerprint density at radius 1 is 1.62 bits per heavy atom. The van der Waals surface area contributed by atoms with Gasteiger partial charge in [-0.05, 0) is 6.07 Å². The topological polar surface area (TPSA) is 76.2 Å². The van der Waals surface area contributed by atoms with Crippen molar-refractivity contribution in [3.63, 3.8) is 0 Å². The number of anilines is 1. The number of hydrogen-bond acceptors (Lipinski definition) is 3. The number of aliphatic carboxylic acids is 1. The Labute approximate surface area is 95.0 Å². The fourth-order valence-corrected chi connectivity index (χ4v) is 1.42. The Hall–Kier alpha value is -1.43. The summed E-state index contributed by atoms with van der Waals surface area (Å²) in [4.78, 5) is 14.2. The van der Waals surface area contributed by atoms with Crippen LogP contribution in [0.3, 0.4) is 0 Å². The third-order valence-electron chi connectivity index (χ3n) is 1.92. The van der Waals surface area contributed by atoms with Gasteiger partial charge in [0.15, 0.2) is 0 Å². The van der Waals surface area contributed by atoms with Gasteiger partial charge in [-0.15, -0.1) is 11.6 Å². The number of halogens is 3. The molecule has 0 aromatic carbocycles. The minimum Gasteiger partial charge on any atom is -0.481 e. The molecule has 0 saturated heterocycles. The molecule has 1 rings (SSSR count). The number of carbonyl (C=O) groups is 1. The molecule has 88 valence electrons. The predicted molar refractivity (Wildman–Crippen MR) is 54.5 cm³/mol. The van der Waals surface area contributed by atoms with Crippen LogP contribution < -0.4 is 5.73 Å². The van der Waals surface area contributed by atoms with Crippen LogP contribution in [0.5, 0.6) is 0 Å². The number of nitrogens with zero attached hydrogens (tertiary/aromatic N) is 1. The van der Waals surface area contributed by atoms with Crippen molar-refractivity contribution in [1.82, 2.24) is 4.98 Å². The molecule has 0 fully saturated rings. The van der Waals surface area contributed by atoms with Gasteiger partial charge in [-0.2, -0.15) is 0 Å². The maximum atomic E-state index is 12.6. The molecule has 7 heteroatoms. The zero-order valence-electron chi connectivity index (χ0n) is 8.08. The normalized spacial score (nSPS) is 10.8. The van der Waals surface area contributed by atoms with E-state index in [1.807, 2.05) is 0 Å². The van der Waals surface area contributed by atoms with Crippen molar-refractivity contribution in [2.24, 2.45) is 0 Å². The average molecular weight is 251 g/mol. The maximum Gasteiger partial charge on any atom is 0.309 e. The number of hydrogen-bond donors (Lipinski definition) is 2. The summed E-state index contributed by atoms with van der Waals surface area (Å²) >= 11 is 5.48. The van der Waals surface area contributed by atoms with Crippen LogP contribution in [0.1, 0.15) is 23.4 Å². The molecule has 0 unspecified atom stereocenters. The summed E-state index contributed by atoms with van der Waals surface area (Å²) in [6, 6.07) is 0.990. The van der Waals surface area contributed by atoms with Crippen LogP contribution in [0.15, 0.2) is 6.07 Å². The third kappa shape index (κ3) is 2.79. The number of nitrogens with two attached hydrogens (primary N) is 1. The van der Waals surface area contributed by atoms with Crippen LogP contribution >= 0.6 is 11.6 Å². The van der Waals surface area contributed by atoms with E-state index < -0.39 is 24.4 Å². The molecule has 0 bridgehead atoms. The molecule has 4 nitrogen and oxygen atoms in total. The van der Waals surface area contributed by atoms with Gasteiger partial charge in [-0.3, -0.25) is 9.78 Å². The van der Waals surface area contributed by atoms with Crippen LogP contribution in [0.4, 0.5) is 14.5 Å². The van der Waals surface area contributed by atoms with Gasteiger partial charge in [0.1, 0.15) is 0 Å². The van der Waals surface area contributed by atoms with Gasteiger partial charge in [0.25, 0.3) is 6.43 Å². The minimum absolute atomic E-state index is 0.0210. The van der Waals surface area contributed by atoms with Crippen LogP contribution in [-0.4, -0.2) is 16.1 Å². The number of nitrogen functional groups attached to an aromatic ring is 1. The van der Waals surface area contributed by atoms with Gasteiger partial charge in [-0.1, -0.05) is 0 Å². The van der Waals surface area contributed by atoms with E-state index in [9.17, 15) is 13.6 Å². The number of carboxylic acid groups (broad SMARTS) is 1. The summed E-state index contributed by atoms with van der Waals surface area (Å²) < 4.78 is 25.1. The van der Waals surface area contributed by atoms with E-state index in [0.29, 0.717) is 0 Å². The first-order valence-corrected chi connectivity index (χ1v) is 4.83. The quantitative estimate of drug-likeness (QED) is 0.801. The molecule has 0 amide bonds. The Balaban J connectivity index is 3.22.